The molecule has 1 saturated heterocycles. The van der Waals surface area contributed by atoms with Gasteiger partial charge in [0.25, 0.3) is 0 Å². The Labute approximate surface area is 166 Å². The average molecular weight is 408 g/mol. The lowest BCUT2D eigenvalue weighted by Gasteiger charge is -2.27. The zero-order chi connectivity index (χ0) is 18.1. The third-order valence-corrected chi connectivity index (χ3v) is 6.04. The second kappa shape index (κ2) is 7.56. The van der Waals surface area contributed by atoms with E-state index in [1.807, 2.05) is 12.1 Å². The fourth-order valence-electron chi connectivity index (χ4n) is 3.05. The van der Waals surface area contributed by atoms with Crippen LogP contribution in [0.15, 0.2) is 23.6 Å². The van der Waals surface area contributed by atoms with Gasteiger partial charge in [0.1, 0.15) is 10.6 Å². The van der Waals surface area contributed by atoms with Gasteiger partial charge in [0.05, 0.1) is 5.39 Å². The number of anilines is 2. The molecule has 0 aliphatic carbocycles. The van der Waals surface area contributed by atoms with Gasteiger partial charge in [-0.25, -0.2) is 4.98 Å². The first-order valence-corrected chi connectivity index (χ1v) is 10.1. The molecule has 0 bridgehead atoms. The topological polar surface area (TPSA) is 53.1 Å². The Kier molecular flexibility index (Phi) is 5.18. The molecule has 0 radical (unpaired) electrons. The van der Waals surface area contributed by atoms with Gasteiger partial charge in [0.15, 0.2) is 0 Å². The molecule has 0 spiro atoms. The van der Waals surface area contributed by atoms with Crippen molar-refractivity contribution in [2.45, 2.75) is 13.5 Å². The van der Waals surface area contributed by atoms with Gasteiger partial charge in [0.2, 0.25) is 5.95 Å². The van der Waals surface area contributed by atoms with Gasteiger partial charge in [-0.15, -0.1) is 11.3 Å². The Balaban J connectivity index is 1.66. The molecule has 8 heteroatoms. The van der Waals surface area contributed by atoms with Crippen molar-refractivity contribution < 1.29 is 0 Å². The fourth-order valence-corrected chi connectivity index (χ4v) is 4.44. The van der Waals surface area contributed by atoms with Crippen molar-refractivity contribution in [3.63, 3.8) is 0 Å². The number of halogens is 2. The molecule has 136 valence electrons. The van der Waals surface area contributed by atoms with Crippen molar-refractivity contribution in [1.29, 1.82) is 0 Å². The second-order valence-electron chi connectivity index (χ2n) is 6.30. The Hall–Kier alpha value is -1.60. The monoisotopic (exact) mass is 407 g/mol. The number of fused-ring (bicyclic) bond motifs is 1. The van der Waals surface area contributed by atoms with E-state index in [0.717, 1.165) is 53.7 Å². The van der Waals surface area contributed by atoms with Crippen LogP contribution in [0.25, 0.3) is 10.2 Å². The maximum absolute atomic E-state index is 6.31. The van der Waals surface area contributed by atoms with E-state index >= 15 is 0 Å². The van der Waals surface area contributed by atoms with Crippen LogP contribution in [0.5, 0.6) is 0 Å². The highest BCUT2D eigenvalue weighted by atomic mass is 35.5. The molecule has 5 nitrogen and oxygen atoms in total. The van der Waals surface area contributed by atoms with E-state index in [2.05, 4.69) is 27.8 Å². The highest BCUT2D eigenvalue weighted by Gasteiger charge is 2.18. The lowest BCUT2D eigenvalue weighted by Crippen LogP contribution is -2.44. The summed E-state index contributed by atoms with van der Waals surface area (Å²) in [5, 5.41) is 11.3. The predicted octanol–water partition coefficient (Wildman–Crippen LogP) is 4.33. The van der Waals surface area contributed by atoms with Gasteiger partial charge in [0, 0.05) is 42.8 Å². The number of benzene rings is 1. The molecule has 26 heavy (non-hydrogen) atoms. The van der Waals surface area contributed by atoms with Gasteiger partial charge in [-0.05, 0) is 35.6 Å². The molecule has 2 aromatic heterocycles. The summed E-state index contributed by atoms with van der Waals surface area (Å²) < 4.78 is 0. The normalized spacial score (nSPS) is 14.8. The van der Waals surface area contributed by atoms with Gasteiger partial charge in [-0.3, -0.25) is 0 Å². The van der Waals surface area contributed by atoms with Crippen molar-refractivity contribution in [3.05, 3.63) is 44.8 Å². The minimum atomic E-state index is 0.582. The fraction of sp³-hybridized carbons (Fsp3) is 0.333. The molecule has 4 rings (SSSR count). The minimum Gasteiger partial charge on any atom is -0.365 e. The second-order valence-corrected chi connectivity index (χ2v) is 8.00. The van der Waals surface area contributed by atoms with Crippen LogP contribution in [0.2, 0.25) is 10.0 Å². The van der Waals surface area contributed by atoms with E-state index < -0.39 is 0 Å². The summed E-state index contributed by atoms with van der Waals surface area (Å²) in [6.07, 6.45) is 0. The van der Waals surface area contributed by atoms with Crippen LogP contribution in [-0.4, -0.2) is 36.1 Å². The van der Waals surface area contributed by atoms with E-state index in [-0.39, 0.29) is 0 Å². The molecule has 1 aliphatic rings. The van der Waals surface area contributed by atoms with Crippen molar-refractivity contribution in [2.75, 3.05) is 36.4 Å². The molecule has 1 aromatic carbocycles. The van der Waals surface area contributed by atoms with Crippen molar-refractivity contribution in [3.8, 4) is 0 Å². The molecule has 1 aliphatic heterocycles. The number of rotatable bonds is 4. The summed E-state index contributed by atoms with van der Waals surface area (Å²) in [5.74, 6) is 1.64. The molecular formula is C18H19Cl2N5S. The highest BCUT2D eigenvalue weighted by Crippen LogP contribution is 2.32. The van der Waals surface area contributed by atoms with E-state index in [1.165, 1.54) is 5.56 Å². The number of thiophene rings is 1. The molecular weight excluding hydrogens is 389 g/mol. The van der Waals surface area contributed by atoms with Gasteiger partial charge in [-0.2, -0.15) is 4.98 Å². The zero-order valence-corrected chi connectivity index (χ0v) is 16.7. The first-order valence-electron chi connectivity index (χ1n) is 8.51. The van der Waals surface area contributed by atoms with Crippen LogP contribution in [0.1, 0.15) is 11.1 Å². The summed E-state index contributed by atoms with van der Waals surface area (Å²) in [5.41, 5.74) is 2.17. The van der Waals surface area contributed by atoms with Crippen molar-refractivity contribution >= 4 is 56.5 Å². The molecule has 0 atom stereocenters. The summed E-state index contributed by atoms with van der Waals surface area (Å²) >= 11 is 14.0. The van der Waals surface area contributed by atoms with E-state index in [0.29, 0.717) is 16.6 Å². The summed E-state index contributed by atoms with van der Waals surface area (Å²) in [4.78, 5) is 12.9. The molecule has 0 amide bonds. The van der Waals surface area contributed by atoms with E-state index in [1.54, 1.807) is 17.4 Å². The summed E-state index contributed by atoms with van der Waals surface area (Å²) in [6.45, 7) is 6.41. The first kappa shape index (κ1) is 17.8. The standard InChI is InChI=1S/C18H19Cl2N5S/c1-11-10-26-17-15(11)16(22-9-12-2-3-13(19)8-14(12)20)23-18(24-17)25-6-4-21-5-7-25/h2-3,8,10,21H,4-7,9H2,1H3,(H,22,23,24). The zero-order valence-electron chi connectivity index (χ0n) is 14.4. The van der Waals surface area contributed by atoms with Crippen LogP contribution < -0.4 is 15.5 Å². The Morgan fingerprint density at radius 3 is 2.81 bits per heavy atom. The number of hydrogen-bond acceptors (Lipinski definition) is 6. The van der Waals surface area contributed by atoms with Gasteiger partial charge in [-0.1, -0.05) is 29.3 Å². The number of piperazine rings is 1. The van der Waals surface area contributed by atoms with Crippen LogP contribution >= 0.6 is 34.5 Å². The van der Waals surface area contributed by atoms with Crippen molar-refractivity contribution in [1.82, 2.24) is 15.3 Å². The highest BCUT2D eigenvalue weighted by molar-refractivity contribution is 7.17. The maximum atomic E-state index is 6.31. The lowest BCUT2D eigenvalue weighted by molar-refractivity contribution is 0.581. The van der Waals surface area contributed by atoms with Crippen LogP contribution in [0, 0.1) is 6.92 Å². The molecule has 3 aromatic rings. The van der Waals surface area contributed by atoms with E-state index in [4.69, 9.17) is 33.2 Å². The maximum Gasteiger partial charge on any atom is 0.228 e. The Bertz CT molecular complexity index is 937. The Morgan fingerprint density at radius 1 is 1.23 bits per heavy atom. The van der Waals surface area contributed by atoms with E-state index in [9.17, 15) is 0 Å². The number of hydrogen-bond donors (Lipinski definition) is 2. The van der Waals surface area contributed by atoms with Gasteiger partial charge < -0.3 is 15.5 Å². The predicted molar refractivity (Wildman–Crippen MR) is 111 cm³/mol. The Morgan fingerprint density at radius 2 is 2.04 bits per heavy atom. The number of nitrogens with zero attached hydrogens (tertiary/aromatic N) is 3. The van der Waals surface area contributed by atoms with Crippen LogP contribution in [-0.2, 0) is 6.54 Å². The summed E-state index contributed by atoms with van der Waals surface area (Å²) in [6, 6.07) is 5.55. The third-order valence-electron chi connectivity index (χ3n) is 4.47. The molecule has 3 heterocycles. The van der Waals surface area contributed by atoms with Gasteiger partial charge >= 0.3 is 0 Å². The summed E-state index contributed by atoms with van der Waals surface area (Å²) in [7, 11) is 0. The number of aryl methyl sites for hydroxylation is 1. The minimum absolute atomic E-state index is 0.582. The smallest absolute Gasteiger partial charge is 0.228 e. The SMILES string of the molecule is Cc1csc2nc(N3CCNCC3)nc(NCc3ccc(Cl)cc3Cl)c12. The number of nitrogens with one attached hydrogen (secondary N) is 2. The quantitative estimate of drug-likeness (QED) is 0.673. The molecule has 0 saturated carbocycles. The molecule has 0 unspecified atom stereocenters. The van der Waals surface area contributed by atoms with Crippen molar-refractivity contribution in [2.24, 2.45) is 0 Å². The van der Waals surface area contributed by atoms with Crippen LogP contribution in [0.4, 0.5) is 11.8 Å². The largest absolute Gasteiger partial charge is 0.365 e. The third kappa shape index (κ3) is 3.60. The van der Waals surface area contributed by atoms with Crippen LogP contribution in [0.3, 0.4) is 0 Å². The first-order chi connectivity index (χ1) is 12.6. The lowest BCUT2D eigenvalue weighted by atomic mass is 10.2. The molecule has 1 fully saturated rings. The molecule has 2 N–H and O–H groups in total. The number of aromatic nitrogens is 2. The average Bonchev–Trinajstić information content (AvgIpc) is 3.03.